The van der Waals surface area contributed by atoms with Gasteiger partial charge in [-0.1, -0.05) is 13.0 Å². The maximum absolute atomic E-state index is 12.2. The summed E-state index contributed by atoms with van der Waals surface area (Å²) in [5, 5.41) is 2.84. The van der Waals surface area contributed by atoms with Crippen LogP contribution in [0.15, 0.2) is 18.2 Å². The van der Waals surface area contributed by atoms with Crippen molar-refractivity contribution in [3.63, 3.8) is 0 Å². The third-order valence-electron chi connectivity index (χ3n) is 4.76. The van der Waals surface area contributed by atoms with Crippen LogP contribution >= 0.6 is 0 Å². The molecule has 1 fully saturated rings. The van der Waals surface area contributed by atoms with Crippen molar-refractivity contribution in [2.24, 2.45) is 5.92 Å². The zero-order valence-corrected chi connectivity index (χ0v) is 16.0. The van der Waals surface area contributed by atoms with Crippen LogP contribution in [0.25, 0.3) is 0 Å². The monoisotopic (exact) mass is 362 g/mol. The summed E-state index contributed by atoms with van der Waals surface area (Å²) in [4.78, 5) is 26.1. The molecule has 0 spiro atoms. The highest BCUT2D eigenvalue weighted by atomic mass is 16.5. The lowest BCUT2D eigenvalue weighted by atomic mass is 10.00. The fourth-order valence-electron chi connectivity index (χ4n) is 3.27. The Hall–Kier alpha value is -2.24. The Balaban J connectivity index is 1.69. The van der Waals surface area contributed by atoms with E-state index < -0.39 is 0 Å². The summed E-state index contributed by atoms with van der Waals surface area (Å²) in [5.41, 5.74) is 1.01. The van der Waals surface area contributed by atoms with E-state index in [0.717, 1.165) is 25.1 Å². The highest BCUT2D eigenvalue weighted by Crippen LogP contribution is 2.27. The zero-order chi connectivity index (χ0) is 18.9. The first kappa shape index (κ1) is 20.1. The number of hydrogen-bond donors (Lipinski definition) is 1. The number of carbonyl (C=O) groups is 2. The van der Waals surface area contributed by atoms with E-state index >= 15 is 0 Å². The molecule has 1 aromatic carbocycles. The maximum atomic E-state index is 12.2. The fraction of sp³-hybridized carbons (Fsp3) is 0.600. The number of nitrogens with one attached hydrogen (secondary N) is 1. The standard InChI is InChI=1S/C20H30N2O4/c1-15-5-4-12-22(14-15)20(24)10-11-21-19(23)9-7-16-6-8-17(25-2)18(13-16)26-3/h6,8,13,15H,4-5,7,9-12,14H2,1-3H3,(H,21,23). The van der Waals surface area contributed by atoms with Gasteiger partial charge in [-0.05, 0) is 42.9 Å². The highest BCUT2D eigenvalue weighted by Gasteiger charge is 2.20. The molecule has 2 rings (SSSR count). The summed E-state index contributed by atoms with van der Waals surface area (Å²) in [6, 6.07) is 5.65. The minimum absolute atomic E-state index is 0.0420. The number of piperidine rings is 1. The van der Waals surface area contributed by atoms with Crippen molar-refractivity contribution in [1.29, 1.82) is 0 Å². The van der Waals surface area contributed by atoms with E-state index in [1.165, 1.54) is 6.42 Å². The van der Waals surface area contributed by atoms with Crippen molar-refractivity contribution in [1.82, 2.24) is 10.2 Å². The number of ether oxygens (including phenoxy) is 2. The molecule has 1 atom stereocenters. The van der Waals surface area contributed by atoms with E-state index in [1.807, 2.05) is 23.1 Å². The SMILES string of the molecule is COc1ccc(CCC(=O)NCCC(=O)N2CCCC(C)C2)cc1OC. The Morgan fingerprint density at radius 2 is 1.96 bits per heavy atom. The van der Waals surface area contributed by atoms with Gasteiger partial charge in [0.25, 0.3) is 0 Å². The molecular formula is C20H30N2O4. The lowest BCUT2D eigenvalue weighted by Crippen LogP contribution is -2.40. The van der Waals surface area contributed by atoms with Crippen molar-refractivity contribution in [3.05, 3.63) is 23.8 Å². The number of amides is 2. The number of benzene rings is 1. The molecule has 0 aromatic heterocycles. The summed E-state index contributed by atoms with van der Waals surface area (Å²) >= 11 is 0. The van der Waals surface area contributed by atoms with Crippen molar-refractivity contribution in [2.75, 3.05) is 33.9 Å². The van der Waals surface area contributed by atoms with Gasteiger partial charge in [-0.25, -0.2) is 0 Å². The van der Waals surface area contributed by atoms with Gasteiger partial charge in [0.1, 0.15) is 0 Å². The number of methoxy groups -OCH3 is 2. The molecule has 26 heavy (non-hydrogen) atoms. The number of nitrogens with zero attached hydrogens (tertiary/aromatic N) is 1. The molecular weight excluding hydrogens is 332 g/mol. The molecule has 1 aliphatic heterocycles. The quantitative estimate of drug-likeness (QED) is 0.771. The van der Waals surface area contributed by atoms with Crippen LogP contribution in [-0.4, -0.2) is 50.6 Å². The second-order valence-electron chi connectivity index (χ2n) is 6.88. The Kier molecular flexibility index (Phi) is 7.75. The van der Waals surface area contributed by atoms with Gasteiger partial charge >= 0.3 is 0 Å². The average molecular weight is 362 g/mol. The van der Waals surface area contributed by atoms with Crippen molar-refractivity contribution < 1.29 is 19.1 Å². The van der Waals surface area contributed by atoms with Gasteiger partial charge in [0.15, 0.2) is 11.5 Å². The highest BCUT2D eigenvalue weighted by molar-refractivity contribution is 5.79. The first-order valence-corrected chi connectivity index (χ1v) is 9.29. The second-order valence-corrected chi connectivity index (χ2v) is 6.88. The number of rotatable bonds is 8. The molecule has 1 N–H and O–H groups in total. The molecule has 0 radical (unpaired) electrons. The molecule has 0 saturated carbocycles. The third kappa shape index (κ3) is 5.93. The molecule has 0 aliphatic carbocycles. The molecule has 1 unspecified atom stereocenters. The number of carbonyl (C=O) groups excluding carboxylic acids is 2. The second kappa shape index (κ2) is 10.0. The van der Waals surface area contributed by atoms with Crippen LogP contribution in [0.4, 0.5) is 0 Å². The normalized spacial score (nSPS) is 16.9. The first-order valence-electron chi connectivity index (χ1n) is 9.29. The predicted molar refractivity (Wildman–Crippen MR) is 100 cm³/mol. The largest absolute Gasteiger partial charge is 0.493 e. The molecule has 1 aliphatic rings. The summed E-state index contributed by atoms with van der Waals surface area (Å²) in [6.45, 7) is 4.26. The molecule has 2 amide bonds. The van der Waals surface area contributed by atoms with Crippen LogP contribution in [0.1, 0.15) is 38.2 Å². The minimum Gasteiger partial charge on any atom is -0.493 e. The molecule has 1 heterocycles. The van der Waals surface area contributed by atoms with Crippen LogP contribution in [0.5, 0.6) is 11.5 Å². The van der Waals surface area contributed by atoms with Crippen molar-refractivity contribution in [3.8, 4) is 11.5 Å². The maximum Gasteiger partial charge on any atom is 0.224 e. The summed E-state index contributed by atoms with van der Waals surface area (Å²) in [6.07, 6.45) is 3.63. The third-order valence-corrected chi connectivity index (χ3v) is 4.76. The Bertz CT molecular complexity index is 618. The zero-order valence-electron chi connectivity index (χ0n) is 16.0. The number of likely N-dealkylation sites (tertiary alicyclic amines) is 1. The Labute approximate surface area is 155 Å². The van der Waals surface area contributed by atoms with Crippen LogP contribution in [0.3, 0.4) is 0 Å². The number of aryl methyl sites for hydroxylation is 1. The van der Waals surface area contributed by atoms with Gasteiger partial charge in [0, 0.05) is 32.5 Å². The molecule has 0 bridgehead atoms. The van der Waals surface area contributed by atoms with Crippen LogP contribution in [-0.2, 0) is 16.0 Å². The average Bonchev–Trinajstić information content (AvgIpc) is 2.66. The van der Waals surface area contributed by atoms with Crippen molar-refractivity contribution in [2.45, 2.75) is 39.0 Å². The molecule has 1 aromatic rings. The van der Waals surface area contributed by atoms with E-state index in [1.54, 1.807) is 14.2 Å². The van der Waals surface area contributed by atoms with Crippen LogP contribution in [0, 0.1) is 5.92 Å². The van der Waals surface area contributed by atoms with Gasteiger partial charge in [0.2, 0.25) is 11.8 Å². The number of hydrogen-bond acceptors (Lipinski definition) is 4. The van der Waals surface area contributed by atoms with E-state index in [9.17, 15) is 9.59 Å². The van der Waals surface area contributed by atoms with Crippen molar-refractivity contribution >= 4 is 11.8 Å². The molecule has 6 nitrogen and oxygen atoms in total. The molecule has 1 saturated heterocycles. The summed E-state index contributed by atoms with van der Waals surface area (Å²) in [7, 11) is 3.19. The van der Waals surface area contributed by atoms with E-state index in [0.29, 0.717) is 43.2 Å². The van der Waals surface area contributed by atoms with Gasteiger partial charge in [-0.2, -0.15) is 0 Å². The van der Waals surface area contributed by atoms with Gasteiger partial charge in [-0.3, -0.25) is 9.59 Å². The minimum atomic E-state index is -0.0420. The van der Waals surface area contributed by atoms with Gasteiger partial charge in [0.05, 0.1) is 14.2 Å². The Morgan fingerprint density at radius 1 is 1.19 bits per heavy atom. The van der Waals surface area contributed by atoms with Crippen LogP contribution in [0.2, 0.25) is 0 Å². The lowest BCUT2D eigenvalue weighted by Gasteiger charge is -2.31. The van der Waals surface area contributed by atoms with Crippen LogP contribution < -0.4 is 14.8 Å². The van der Waals surface area contributed by atoms with E-state index in [2.05, 4.69) is 12.2 Å². The fourth-order valence-corrected chi connectivity index (χ4v) is 3.27. The summed E-state index contributed by atoms with van der Waals surface area (Å²) < 4.78 is 10.5. The first-order chi connectivity index (χ1) is 12.5. The smallest absolute Gasteiger partial charge is 0.224 e. The predicted octanol–water partition coefficient (Wildman–Crippen LogP) is 2.40. The molecule has 6 heteroatoms. The summed E-state index contributed by atoms with van der Waals surface area (Å²) in [5.74, 6) is 2.00. The van der Waals surface area contributed by atoms with E-state index in [-0.39, 0.29) is 11.8 Å². The molecule has 144 valence electrons. The van der Waals surface area contributed by atoms with Gasteiger partial charge < -0.3 is 19.7 Å². The van der Waals surface area contributed by atoms with E-state index in [4.69, 9.17) is 9.47 Å². The Morgan fingerprint density at radius 3 is 2.65 bits per heavy atom. The van der Waals surface area contributed by atoms with Gasteiger partial charge in [-0.15, -0.1) is 0 Å². The lowest BCUT2D eigenvalue weighted by molar-refractivity contribution is -0.132. The topological polar surface area (TPSA) is 67.9 Å².